The van der Waals surface area contributed by atoms with Crippen molar-refractivity contribution in [2.75, 3.05) is 33.1 Å². The molecule has 12 heteroatoms. The van der Waals surface area contributed by atoms with Gasteiger partial charge in [-0.1, -0.05) is 16.8 Å². The summed E-state index contributed by atoms with van der Waals surface area (Å²) in [6.45, 7) is 3.00. The average Bonchev–Trinajstić information content (AvgIpc) is 3.33. The molecule has 2 aromatic rings. The van der Waals surface area contributed by atoms with Crippen LogP contribution < -0.4 is 4.72 Å². The minimum Gasteiger partial charge on any atom is -0.385 e. The number of likely N-dealkylation sites (tertiary alicyclic amines) is 1. The molecule has 10 nitrogen and oxygen atoms in total. The number of carbonyl (C=O) groups excluding carboxylic acids is 1. The van der Waals surface area contributed by atoms with Crippen LogP contribution in [0, 0.1) is 6.92 Å². The molecule has 0 aliphatic carbocycles. The van der Waals surface area contributed by atoms with Crippen molar-refractivity contribution >= 4 is 27.5 Å². The lowest BCUT2D eigenvalue weighted by Gasteiger charge is -2.29. The number of nitrogens with zero attached hydrogens (tertiary/aromatic N) is 4. The summed E-state index contributed by atoms with van der Waals surface area (Å²) in [5.74, 6) is 0.198. The van der Waals surface area contributed by atoms with E-state index in [0.717, 1.165) is 6.26 Å². The third-order valence-electron chi connectivity index (χ3n) is 4.94. The molecular formula is C17H24ClN5O5S. The van der Waals surface area contributed by atoms with E-state index >= 15 is 0 Å². The summed E-state index contributed by atoms with van der Waals surface area (Å²) in [5.41, 5.74) is 0.0320. The Bertz CT molecular complexity index is 988. The van der Waals surface area contributed by atoms with Crippen molar-refractivity contribution in [1.29, 1.82) is 0 Å². The summed E-state index contributed by atoms with van der Waals surface area (Å²) in [5, 5.41) is 8.56. The van der Waals surface area contributed by atoms with Gasteiger partial charge in [-0.2, -0.15) is 5.10 Å². The number of methoxy groups -OCH3 is 1. The third kappa shape index (κ3) is 5.16. The summed E-state index contributed by atoms with van der Waals surface area (Å²) < 4.78 is 38.4. The van der Waals surface area contributed by atoms with Crippen LogP contribution in [-0.4, -0.2) is 72.8 Å². The van der Waals surface area contributed by atoms with Gasteiger partial charge in [0.15, 0.2) is 5.69 Å². The van der Waals surface area contributed by atoms with Crippen LogP contribution in [0.25, 0.3) is 0 Å². The van der Waals surface area contributed by atoms with Gasteiger partial charge in [-0.3, -0.25) is 9.48 Å². The number of sulfonamides is 1. The molecule has 0 radical (unpaired) electrons. The van der Waals surface area contributed by atoms with E-state index in [1.165, 1.54) is 6.20 Å². The quantitative estimate of drug-likeness (QED) is 0.644. The van der Waals surface area contributed by atoms with Gasteiger partial charge >= 0.3 is 0 Å². The molecule has 1 atom stereocenters. The first-order chi connectivity index (χ1) is 13.6. The summed E-state index contributed by atoms with van der Waals surface area (Å²) in [6.07, 6.45) is 5.20. The van der Waals surface area contributed by atoms with Gasteiger partial charge in [0.2, 0.25) is 10.0 Å². The number of hydrogen-bond donors (Lipinski definition) is 1. The molecule has 1 aliphatic rings. The molecule has 1 unspecified atom stereocenters. The van der Waals surface area contributed by atoms with Crippen molar-refractivity contribution < 1.29 is 22.5 Å². The Kier molecular flexibility index (Phi) is 6.32. The molecule has 0 bridgehead atoms. The van der Waals surface area contributed by atoms with Crippen LogP contribution in [0.5, 0.6) is 0 Å². The van der Waals surface area contributed by atoms with E-state index in [1.807, 2.05) is 0 Å². The van der Waals surface area contributed by atoms with Crippen molar-refractivity contribution in [3.05, 3.63) is 34.4 Å². The smallest absolute Gasteiger partial charge is 0.276 e. The van der Waals surface area contributed by atoms with Crippen molar-refractivity contribution in [1.82, 2.24) is 24.6 Å². The first kappa shape index (κ1) is 21.8. The second-order valence-corrected chi connectivity index (χ2v) is 9.48. The Balaban J connectivity index is 1.80. The second kappa shape index (κ2) is 8.42. The van der Waals surface area contributed by atoms with Crippen molar-refractivity contribution in [2.24, 2.45) is 0 Å². The predicted molar refractivity (Wildman–Crippen MR) is 105 cm³/mol. The van der Waals surface area contributed by atoms with Crippen LogP contribution in [0.1, 0.15) is 34.7 Å². The number of rotatable bonds is 8. The maximum absolute atomic E-state index is 13.1. The first-order valence-electron chi connectivity index (χ1n) is 9.03. The molecule has 0 aromatic carbocycles. The predicted octanol–water partition coefficient (Wildman–Crippen LogP) is 1.05. The maximum atomic E-state index is 13.1. The Morgan fingerprint density at radius 3 is 2.86 bits per heavy atom. The molecule has 1 N–H and O–H groups in total. The van der Waals surface area contributed by atoms with Crippen molar-refractivity contribution in [3.63, 3.8) is 0 Å². The van der Waals surface area contributed by atoms with E-state index in [2.05, 4.69) is 15.0 Å². The van der Waals surface area contributed by atoms with E-state index < -0.39 is 15.6 Å². The van der Waals surface area contributed by atoms with Gasteiger partial charge in [0, 0.05) is 38.6 Å². The first-order valence-corrected chi connectivity index (χ1v) is 11.3. The fraction of sp³-hybridized carbons (Fsp3) is 0.588. The Morgan fingerprint density at radius 1 is 1.48 bits per heavy atom. The number of hydrogen-bond acceptors (Lipinski definition) is 7. The lowest BCUT2D eigenvalue weighted by Crippen LogP contribution is -2.51. The minimum absolute atomic E-state index is 0.191. The molecule has 3 heterocycles. The number of aromatic nitrogens is 3. The summed E-state index contributed by atoms with van der Waals surface area (Å²) >= 11 is 5.91. The van der Waals surface area contributed by atoms with Crippen molar-refractivity contribution in [3.8, 4) is 0 Å². The zero-order valence-electron chi connectivity index (χ0n) is 16.5. The Hall–Kier alpha value is -1.95. The number of amides is 1. The molecule has 2 aromatic heterocycles. The van der Waals surface area contributed by atoms with E-state index in [9.17, 15) is 13.2 Å². The van der Waals surface area contributed by atoms with Crippen LogP contribution >= 0.6 is 11.6 Å². The van der Waals surface area contributed by atoms with Crippen LogP contribution in [0.2, 0.25) is 5.02 Å². The van der Waals surface area contributed by atoms with Crippen LogP contribution in [-0.2, 0) is 21.3 Å². The Morgan fingerprint density at radius 2 is 2.24 bits per heavy atom. The Labute approximate surface area is 174 Å². The van der Waals surface area contributed by atoms with Crippen LogP contribution in [0.4, 0.5) is 0 Å². The van der Waals surface area contributed by atoms with E-state index in [4.69, 9.17) is 20.9 Å². The zero-order valence-corrected chi connectivity index (χ0v) is 18.1. The number of ether oxygens (including phenoxy) is 1. The molecule has 1 saturated heterocycles. The standard InChI is InChI=1S/C17H24ClN5O5S/c1-12-14(10-23-9-13(18)8-19-23)15(20-28-12)16(24)22-6-4-17(11-22,5-7-27-2)21-29(3,25)26/h8-9,21H,4-7,10-11H2,1-3H3. The molecule has 0 saturated carbocycles. The molecular weight excluding hydrogens is 422 g/mol. The van der Waals surface area contributed by atoms with Gasteiger partial charge in [0.05, 0.1) is 29.6 Å². The largest absolute Gasteiger partial charge is 0.385 e. The fourth-order valence-electron chi connectivity index (χ4n) is 3.56. The zero-order chi connectivity index (χ0) is 21.2. The summed E-state index contributed by atoms with van der Waals surface area (Å²) in [4.78, 5) is 14.7. The van der Waals surface area contributed by atoms with E-state index in [1.54, 1.807) is 29.8 Å². The number of carbonyl (C=O) groups is 1. The molecule has 1 aliphatic heterocycles. The van der Waals surface area contributed by atoms with Gasteiger partial charge in [0.1, 0.15) is 5.76 Å². The van der Waals surface area contributed by atoms with Gasteiger partial charge in [0.25, 0.3) is 5.91 Å². The van der Waals surface area contributed by atoms with Crippen LogP contribution in [0.3, 0.4) is 0 Å². The normalized spacial score (nSPS) is 19.8. The lowest BCUT2D eigenvalue weighted by molar-refractivity contribution is 0.0764. The highest BCUT2D eigenvalue weighted by Crippen LogP contribution is 2.28. The number of halogens is 1. The summed E-state index contributed by atoms with van der Waals surface area (Å²) in [6, 6.07) is 0. The monoisotopic (exact) mass is 445 g/mol. The average molecular weight is 446 g/mol. The molecule has 1 amide bonds. The second-order valence-electron chi connectivity index (χ2n) is 7.30. The SMILES string of the molecule is COCCC1(NS(C)(=O)=O)CCN(C(=O)c2noc(C)c2Cn2cc(Cl)cn2)C1. The molecule has 3 rings (SSSR count). The van der Waals surface area contributed by atoms with Gasteiger partial charge in [-0.15, -0.1) is 0 Å². The number of aryl methyl sites for hydroxylation is 1. The van der Waals surface area contributed by atoms with Crippen molar-refractivity contribution in [2.45, 2.75) is 31.8 Å². The summed E-state index contributed by atoms with van der Waals surface area (Å²) in [7, 11) is -1.90. The fourth-order valence-corrected chi connectivity index (χ4v) is 4.77. The van der Waals surface area contributed by atoms with Gasteiger partial charge in [-0.25, -0.2) is 13.1 Å². The highest BCUT2D eigenvalue weighted by Gasteiger charge is 2.42. The van der Waals surface area contributed by atoms with Gasteiger partial charge in [-0.05, 0) is 19.8 Å². The molecule has 160 valence electrons. The lowest BCUT2D eigenvalue weighted by atomic mass is 9.96. The highest BCUT2D eigenvalue weighted by molar-refractivity contribution is 7.88. The molecule has 0 spiro atoms. The van der Waals surface area contributed by atoms with E-state index in [0.29, 0.717) is 42.3 Å². The van der Waals surface area contributed by atoms with Crippen LogP contribution in [0.15, 0.2) is 16.9 Å². The molecule has 29 heavy (non-hydrogen) atoms. The van der Waals surface area contributed by atoms with Gasteiger partial charge < -0.3 is 14.2 Å². The minimum atomic E-state index is -3.45. The van der Waals surface area contributed by atoms with E-state index in [-0.39, 0.29) is 24.7 Å². The maximum Gasteiger partial charge on any atom is 0.276 e. The number of nitrogens with one attached hydrogen (secondary N) is 1. The topological polar surface area (TPSA) is 120 Å². The third-order valence-corrected chi connectivity index (χ3v) is 5.94. The highest BCUT2D eigenvalue weighted by atomic mass is 35.5. The molecule has 1 fully saturated rings.